The lowest BCUT2D eigenvalue weighted by atomic mass is 10.2. The molecule has 0 unspecified atom stereocenters. The van der Waals surface area contributed by atoms with Gasteiger partial charge in [0.05, 0.1) is 17.7 Å². The Kier molecular flexibility index (Phi) is 2.44. The van der Waals surface area contributed by atoms with Crippen LogP contribution in [0.5, 0.6) is 0 Å². The van der Waals surface area contributed by atoms with Crippen LogP contribution in [0.15, 0.2) is 23.6 Å². The third kappa shape index (κ3) is 1.38. The van der Waals surface area contributed by atoms with Gasteiger partial charge in [0, 0.05) is 10.1 Å². The summed E-state index contributed by atoms with van der Waals surface area (Å²) in [5.41, 5.74) is 0.417. The number of thiophene rings is 1. The molecule has 1 heterocycles. The third-order valence-corrected chi connectivity index (χ3v) is 3.26. The Morgan fingerprint density at radius 1 is 1.43 bits per heavy atom. The molecule has 0 aliphatic carbocycles. The maximum absolute atomic E-state index is 11.3. The molecule has 1 aromatic heterocycles. The Hall–Kier alpha value is -1.06. The number of carbonyl (C=O) groups excluding carboxylic acids is 1. The van der Waals surface area contributed by atoms with E-state index in [1.165, 1.54) is 7.11 Å². The number of fused-ring (bicyclic) bond motifs is 1. The Bertz CT molecular complexity index is 490. The maximum Gasteiger partial charge on any atom is 0.339 e. The molecule has 4 heteroatoms. The van der Waals surface area contributed by atoms with Gasteiger partial charge in [-0.15, -0.1) is 11.3 Å². The molecule has 2 nitrogen and oxygen atoms in total. The Morgan fingerprint density at radius 3 is 2.93 bits per heavy atom. The molecule has 0 amide bonds. The second kappa shape index (κ2) is 3.59. The smallest absolute Gasteiger partial charge is 0.339 e. The summed E-state index contributed by atoms with van der Waals surface area (Å²) >= 11 is 7.66. The largest absolute Gasteiger partial charge is 0.465 e. The molecule has 2 aromatic rings. The van der Waals surface area contributed by atoms with Gasteiger partial charge in [-0.3, -0.25) is 0 Å². The van der Waals surface area contributed by atoms with Crippen LogP contribution in [0, 0.1) is 0 Å². The van der Waals surface area contributed by atoms with E-state index in [0.717, 1.165) is 10.1 Å². The van der Waals surface area contributed by atoms with Gasteiger partial charge in [0.25, 0.3) is 0 Å². The lowest BCUT2D eigenvalue weighted by Gasteiger charge is -2.02. The summed E-state index contributed by atoms with van der Waals surface area (Å²) in [7, 11) is 1.34. The molecular formula is C10H7ClO2S. The van der Waals surface area contributed by atoms with Crippen molar-refractivity contribution in [3.63, 3.8) is 0 Å². The zero-order chi connectivity index (χ0) is 10.1. The summed E-state index contributed by atoms with van der Waals surface area (Å²) in [6.07, 6.45) is 0. The van der Waals surface area contributed by atoms with E-state index >= 15 is 0 Å². The number of rotatable bonds is 1. The summed E-state index contributed by atoms with van der Waals surface area (Å²) in [4.78, 5) is 11.3. The van der Waals surface area contributed by atoms with E-state index in [2.05, 4.69) is 4.74 Å². The van der Waals surface area contributed by atoms with Crippen molar-refractivity contribution in [1.29, 1.82) is 0 Å². The molecule has 72 valence electrons. The molecule has 0 spiro atoms. The summed E-state index contributed by atoms with van der Waals surface area (Å²) in [5.74, 6) is -0.400. The second-order valence-electron chi connectivity index (χ2n) is 2.75. The summed E-state index contributed by atoms with van der Waals surface area (Å²) in [6, 6.07) is 5.46. The molecular weight excluding hydrogens is 220 g/mol. The van der Waals surface area contributed by atoms with Gasteiger partial charge < -0.3 is 4.74 Å². The number of ether oxygens (including phenoxy) is 1. The average molecular weight is 227 g/mol. The molecule has 0 radical (unpaired) electrons. The fraction of sp³-hybridized carbons (Fsp3) is 0.100. The number of hydrogen-bond donors (Lipinski definition) is 0. The molecule has 1 aromatic carbocycles. The zero-order valence-electron chi connectivity index (χ0n) is 7.41. The molecule has 0 bridgehead atoms. The molecule has 2 rings (SSSR count). The van der Waals surface area contributed by atoms with Gasteiger partial charge in [-0.25, -0.2) is 4.79 Å². The Balaban J connectivity index is 2.67. The molecule has 0 aliphatic heterocycles. The molecule has 0 aliphatic rings. The Morgan fingerprint density at radius 2 is 2.21 bits per heavy atom. The van der Waals surface area contributed by atoms with E-state index in [0.29, 0.717) is 10.6 Å². The SMILES string of the molecule is COC(=O)c1ccc2sccc2c1Cl. The first-order valence-corrected chi connectivity index (χ1v) is 5.24. The van der Waals surface area contributed by atoms with Crippen LogP contribution in [-0.2, 0) is 4.74 Å². The highest BCUT2D eigenvalue weighted by molar-refractivity contribution is 7.17. The van der Waals surface area contributed by atoms with Gasteiger partial charge in [0.2, 0.25) is 0 Å². The molecule has 14 heavy (non-hydrogen) atoms. The van der Waals surface area contributed by atoms with Crippen LogP contribution in [0.3, 0.4) is 0 Å². The van der Waals surface area contributed by atoms with Gasteiger partial charge in [-0.1, -0.05) is 11.6 Å². The lowest BCUT2D eigenvalue weighted by molar-refractivity contribution is 0.0601. The van der Waals surface area contributed by atoms with Gasteiger partial charge in [0.15, 0.2) is 0 Å². The number of esters is 1. The first kappa shape index (κ1) is 9.49. The average Bonchev–Trinajstić information content (AvgIpc) is 2.66. The highest BCUT2D eigenvalue weighted by Crippen LogP contribution is 2.31. The number of carbonyl (C=O) groups is 1. The van der Waals surface area contributed by atoms with Gasteiger partial charge >= 0.3 is 5.97 Å². The summed E-state index contributed by atoms with van der Waals surface area (Å²) in [5, 5.41) is 3.31. The van der Waals surface area contributed by atoms with Crippen molar-refractivity contribution in [2.75, 3.05) is 7.11 Å². The van der Waals surface area contributed by atoms with Crippen LogP contribution in [0.25, 0.3) is 10.1 Å². The van der Waals surface area contributed by atoms with Crippen molar-refractivity contribution in [1.82, 2.24) is 0 Å². The lowest BCUT2D eigenvalue weighted by Crippen LogP contribution is -2.01. The summed E-state index contributed by atoms with van der Waals surface area (Å²) < 4.78 is 5.69. The highest BCUT2D eigenvalue weighted by atomic mass is 35.5. The maximum atomic E-state index is 11.3. The molecule has 0 saturated heterocycles. The van der Waals surface area contributed by atoms with Gasteiger partial charge in [0.1, 0.15) is 0 Å². The second-order valence-corrected chi connectivity index (χ2v) is 4.08. The number of halogens is 1. The van der Waals surface area contributed by atoms with Gasteiger partial charge in [-0.05, 0) is 23.6 Å². The standard InChI is InChI=1S/C10H7ClO2S/c1-13-10(12)7-2-3-8-6(9(7)11)4-5-14-8/h2-5H,1H3. The van der Waals surface area contributed by atoms with Crippen molar-refractivity contribution in [2.45, 2.75) is 0 Å². The van der Waals surface area contributed by atoms with Crippen molar-refractivity contribution < 1.29 is 9.53 Å². The first-order chi connectivity index (χ1) is 6.74. The number of benzene rings is 1. The first-order valence-electron chi connectivity index (χ1n) is 3.98. The molecule has 0 N–H and O–H groups in total. The van der Waals surface area contributed by atoms with E-state index in [-0.39, 0.29) is 0 Å². The third-order valence-electron chi connectivity index (χ3n) is 1.97. The van der Waals surface area contributed by atoms with Crippen LogP contribution >= 0.6 is 22.9 Å². The van der Waals surface area contributed by atoms with Crippen LogP contribution in [0.2, 0.25) is 5.02 Å². The molecule has 0 fully saturated rings. The van der Waals surface area contributed by atoms with Crippen LogP contribution in [-0.4, -0.2) is 13.1 Å². The Labute approximate surface area is 90.1 Å². The minimum atomic E-state index is -0.400. The fourth-order valence-electron chi connectivity index (χ4n) is 1.28. The molecule has 0 atom stereocenters. The van der Waals surface area contributed by atoms with E-state index < -0.39 is 5.97 Å². The van der Waals surface area contributed by atoms with E-state index in [4.69, 9.17) is 11.6 Å². The topological polar surface area (TPSA) is 26.3 Å². The number of hydrogen-bond acceptors (Lipinski definition) is 3. The van der Waals surface area contributed by atoms with Gasteiger partial charge in [-0.2, -0.15) is 0 Å². The van der Waals surface area contributed by atoms with E-state index in [1.807, 2.05) is 17.5 Å². The van der Waals surface area contributed by atoms with Crippen molar-refractivity contribution in [3.05, 3.63) is 34.2 Å². The van der Waals surface area contributed by atoms with Crippen LogP contribution < -0.4 is 0 Å². The van der Waals surface area contributed by atoms with Crippen LogP contribution in [0.1, 0.15) is 10.4 Å². The van der Waals surface area contributed by atoms with Crippen LogP contribution in [0.4, 0.5) is 0 Å². The van der Waals surface area contributed by atoms with Crippen molar-refractivity contribution >= 4 is 39.0 Å². The van der Waals surface area contributed by atoms with Crippen molar-refractivity contribution in [2.24, 2.45) is 0 Å². The quantitative estimate of drug-likeness (QED) is 0.698. The predicted molar refractivity (Wildman–Crippen MR) is 58.2 cm³/mol. The monoisotopic (exact) mass is 226 g/mol. The fourth-order valence-corrected chi connectivity index (χ4v) is 2.43. The predicted octanol–water partition coefficient (Wildman–Crippen LogP) is 3.34. The summed E-state index contributed by atoms with van der Waals surface area (Å²) in [6.45, 7) is 0. The normalized spacial score (nSPS) is 10.4. The highest BCUT2D eigenvalue weighted by Gasteiger charge is 2.13. The zero-order valence-corrected chi connectivity index (χ0v) is 8.98. The minimum absolute atomic E-state index is 0.400. The number of methoxy groups -OCH3 is 1. The van der Waals surface area contributed by atoms with Crippen molar-refractivity contribution in [3.8, 4) is 0 Å². The minimum Gasteiger partial charge on any atom is -0.465 e. The molecule has 0 saturated carbocycles. The van der Waals surface area contributed by atoms with E-state index in [1.54, 1.807) is 17.4 Å². The van der Waals surface area contributed by atoms with E-state index in [9.17, 15) is 4.79 Å².